The molecule has 0 aliphatic carbocycles. The van der Waals surface area contributed by atoms with Crippen LogP contribution in [-0.2, 0) is 4.79 Å². The number of nitrogens with one attached hydrogen (secondary N) is 1. The summed E-state index contributed by atoms with van der Waals surface area (Å²) in [4.78, 5) is 26.8. The minimum absolute atomic E-state index is 0.140. The molecule has 1 aliphatic rings. The molecule has 0 aromatic heterocycles. The second-order valence-electron chi connectivity index (χ2n) is 7.14. The number of halogens is 2. The van der Waals surface area contributed by atoms with E-state index in [2.05, 4.69) is 11.9 Å². The Bertz CT molecular complexity index is 957. The Kier molecular flexibility index (Phi) is 5.18. The van der Waals surface area contributed by atoms with E-state index in [0.29, 0.717) is 23.2 Å². The average Bonchev–Trinajstić information content (AvgIpc) is 2.72. The van der Waals surface area contributed by atoms with Gasteiger partial charge in [0.25, 0.3) is 5.91 Å². The van der Waals surface area contributed by atoms with Crippen molar-refractivity contribution in [1.29, 1.82) is 0 Å². The SMILES string of the molecule is C=CCN1C(=O)C(C)(C)COc2ccc(NC(=O)c3ccc(F)cc3F)cc21. The number of carbonyl (C=O) groups is 2. The molecule has 1 heterocycles. The first-order valence-electron chi connectivity index (χ1n) is 8.69. The van der Waals surface area contributed by atoms with Gasteiger partial charge in [-0.05, 0) is 44.2 Å². The molecule has 1 N–H and O–H groups in total. The van der Waals surface area contributed by atoms with E-state index in [4.69, 9.17) is 4.74 Å². The molecule has 5 nitrogen and oxygen atoms in total. The minimum atomic E-state index is -0.958. The molecule has 0 unspecified atom stereocenters. The van der Waals surface area contributed by atoms with Gasteiger partial charge in [-0.15, -0.1) is 6.58 Å². The van der Waals surface area contributed by atoms with Crippen molar-refractivity contribution in [2.75, 3.05) is 23.4 Å². The number of anilines is 2. The van der Waals surface area contributed by atoms with Crippen LogP contribution in [-0.4, -0.2) is 25.0 Å². The fourth-order valence-corrected chi connectivity index (χ4v) is 2.91. The standard InChI is InChI=1S/C21H20F2N2O3/c1-4-9-25-17-11-14(6-8-18(17)28-12-21(2,3)20(25)27)24-19(26)15-7-5-13(22)10-16(15)23/h4-8,10-11H,1,9,12H2,2-3H3,(H,24,26). The topological polar surface area (TPSA) is 58.6 Å². The van der Waals surface area contributed by atoms with E-state index in [0.717, 1.165) is 12.1 Å². The molecule has 146 valence electrons. The number of benzene rings is 2. The van der Waals surface area contributed by atoms with E-state index in [1.807, 2.05) is 0 Å². The Morgan fingerprint density at radius 3 is 2.71 bits per heavy atom. The van der Waals surface area contributed by atoms with E-state index in [9.17, 15) is 18.4 Å². The van der Waals surface area contributed by atoms with Crippen LogP contribution in [0.1, 0.15) is 24.2 Å². The molecule has 1 aliphatic heterocycles. The van der Waals surface area contributed by atoms with Gasteiger partial charge in [-0.1, -0.05) is 6.08 Å². The van der Waals surface area contributed by atoms with Gasteiger partial charge in [0, 0.05) is 18.3 Å². The lowest BCUT2D eigenvalue weighted by Crippen LogP contribution is -2.42. The molecule has 0 atom stereocenters. The van der Waals surface area contributed by atoms with Crippen LogP contribution < -0.4 is 15.0 Å². The van der Waals surface area contributed by atoms with Crippen LogP contribution in [0.3, 0.4) is 0 Å². The summed E-state index contributed by atoms with van der Waals surface area (Å²) in [6, 6.07) is 7.53. The van der Waals surface area contributed by atoms with Crippen LogP contribution >= 0.6 is 0 Å². The van der Waals surface area contributed by atoms with E-state index < -0.39 is 23.0 Å². The summed E-state index contributed by atoms with van der Waals surface area (Å²) in [5, 5.41) is 2.57. The zero-order valence-electron chi connectivity index (χ0n) is 15.6. The minimum Gasteiger partial charge on any atom is -0.490 e. The highest BCUT2D eigenvalue weighted by Crippen LogP contribution is 2.38. The third-order valence-corrected chi connectivity index (χ3v) is 4.41. The maximum atomic E-state index is 13.8. The molecule has 28 heavy (non-hydrogen) atoms. The van der Waals surface area contributed by atoms with Gasteiger partial charge in [0.05, 0.1) is 16.7 Å². The number of fused-ring (bicyclic) bond motifs is 1. The average molecular weight is 386 g/mol. The van der Waals surface area contributed by atoms with Crippen LogP contribution in [0.4, 0.5) is 20.2 Å². The highest BCUT2D eigenvalue weighted by atomic mass is 19.1. The number of hydrogen-bond donors (Lipinski definition) is 1. The van der Waals surface area contributed by atoms with Gasteiger partial charge in [0.15, 0.2) is 0 Å². The molecule has 0 radical (unpaired) electrons. The quantitative estimate of drug-likeness (QED) is 0.803. The monoisotopic (exact) mass is 386 g/mol. The summed E-state index contributed by atoms with van der Waals surface area (Å²) in [6.45, 7) is 7.74. The van der Waals surface area contributed by atoms with Crippen LogP contribution in [0.25, 0.3) is 0 Å². The van der Waals surface area contributed by atoms with Gasteiger partial charge in [0.2, 0.25) is 5.91 Å². The smallest absolute Gasteiger partial charge is 0.258 e. The molecule has 0 bridgehead atoms. The number of carbonyl (C=O) groups excluding carboxylic acids is 2. The fourth-order valence-electron chi connectivity index (χ4n) is 2.91. The Hall–Kier alpha value is -3.22. The summed E-state index contributed by atoms with van der Waals surface area (Å²) in [7, 11) is 0. The molecule has 2 amide bonds. The van der Waals surface area contributed by atoms with Crippen LogP contribution in [0, 0.1) is 17.0 Å². The normalized spacial score (nSPS) is 15.3. The Balaban J connectivity index is 1.94. The van der Waals surface area contributed by atoms with E-state index in [1.54, 1.807) is 38.1 Å². The van der Waals surface area contributed by atoms with Crippen molar-refractivity contribution in [3.05, 3.63) is 66.3 Å². The molecule has 7 heteroatoms. The first-order chi connectivity index (χ1) is 13.2. The molecule has 0 saturated heterocycles. The molecule has 2 aromatic rings. The molecule has 0 fully saturated rings. The summed E-state index contributed by atoms with van der Waals surface area (Å²) in [6.07, 6.45) is 1.60. The molecule has 2 aromatic carbocycles. The predicted octanol–water partition coefficient (Wildman–Crippen LogP) is 4.15. The number of ether oxygens (including phenoxy) is 1. The van der Waals surface area contributed by atoms with Crippen LogP contribution in [0.2, 0.25) is 0 Å². The maximum Gasteiger partial charge on any atom is 0.258 e. The summed E-state index contributed by atoms with van der Waals surface area (Å²) in [5.41, 5.74) is -0.193. The molecule has 0 saturated carbocycles. The molecular weight excluding hydrogens is 366 g/mol. The summed E-state index contributed by atoms with van der Waals surface area (Å²) >= 11 is 0. The lowest BCUT2D eigenvalue weighted by atomic mass is 9.93. The zero-order chi connectivity index (χ0) is 20.5. The summed E-state index contributed by atoms with van der Waals surface area (Å²) in [5.74, 6) is -2.10. The molecule has 3 rings (SSSR count). The maximum absolute atomic E-state index is 13.8. The first kappa shape index (κ1) is 19.5. The first-order valence-corrected chi connectivity index (χ1v) is 8.69. The predicted molar refractivity (Wildman–Crippen MR) is 103 cm³/mol. The van der Waals surface area contributed by atoms with Crippen molar-refractivity contribution in [2.45, 2.75) is 13.8 Å². The van der Waals surface area contributed by atoms with Gasteiger partial charge >= 0.3 is 0 Å². The highest BCUT2D eigenvalue weighted by Gasteiger charge is 2.37. The van der Waals surface area contributed by atoms with Crippen molar-refractivity contribution in [3.63, 3.8) is 0 Å². The lowest BCUT2D eigenvalue weighted by Gasteiger charge is -2.27. The van der Waals surface area contributed by atoms with Crippen molar-refractivity contribution in [2.24, 2.45) is 5.41 Å². The van der Waals surface area contributed by atoms with Gasteiger partial charge in [-0.2, -0.15) is 0 Å². The zero-order valence-corrected chi connectivity index (χ0v) is 15.6. The van der Waals surface area contributed by atoms with Gasteiger partial charge in [-0.25, -0.2) is 8.78 Å². The third-order valence-electron chi connectivity index (χ3n) is 4.41. The highest BCUT2D eigenvalue weighted by molar-refractivity contribution is 6.05. The number of hydrogen-bond acceptors (Lipinski definition) is 3. The second kappa shape index (κ2) is 7.42. The lowest BCUT2D eigenvalue weighted by molar-refractivity contribution is -0.127. The third kappa shape index (κ3) is 3.74. The largest absolute Gasteiger partial charge is 0.490 e. The second-order valence-corrected chi connectivity index (χ2v) is 7.14. The van der Waals surface area contributed by atoms with Crippen molar-refractivity contribution >= 4 is 23.2 Å². The summed E-state index contributed by atoms with van der Waals surface area (Å²) < 4.78 is 32.7. The fraction of sp³-hybridized carbons (Fsp3) is 0.238. The van der Waals surface area contributed by atoms with Crippen LogP contribution in [0.15, 0.2) is 49.1 Å². The van der Waals surface area contributed by atoms with Gasteiger partial charge < -0.3 is 15.0 Å². The molecule has 0 spiro atoms. The van der Waals surface area contributed by atoms with Crippen molar-refractivity contribution < 1.29 is 23.1 Å². The Labute approximate surface area is 161 Å². The Morgan fingerprint density at radius 2 is 2.04 bits per heavy atom. The number of nitrogens with zero attached hydrogens (tertiary/aromatic N) is 1. The van der Waals surface area contributed by atoms with Gasteiger partial charge in [-0.3, -0.25) is 9.59 Å². The number of amides is 2. The van der Waals surface area contributed by atoms with E-state index in [1.165, 1.54) is 4.90 Å². The van der Waals surface area contributed by atoms with E-state index in [-0.39, 0.29) is 24.6 Å². The van der Waals surface area contributed by atoms with Gasteiger partial charge in [0.1, 0.15) is 24.0 Å². The Morgan fingerprint density at radius 1 is 1.29 bits per heavy atom. The van der Waals surface area contributed by atoms with Crippen LogP contribution in [0.5, 0.6) is 5.75 Å². The van der Waals surface area contributed by atoms with E-state index >= 15 is 0 Å². The molecular formula is C21H20F2N2O3. The van der Waals surface area contributed by atoms with Crippen molar-refractivity contribution in [3.8, 4) is 5.75 Å². The van der Waals surface area contributed by atoms with Crippen molar-refractivity contribution in [1.82, 2.24) is 0 Å². The number of rotatable bonds is 4.